The van der Waals surface area contributed by atoms with Gasteiger partial charge >= 0.3 is 0 Å². The van der Waals surface area contributed by atoms with Gasteiger partial charge in [-0.3, -0.25) is 9.78 Å². The van der Waals surface area contributed by atoms with Gasteiger partial charge in [-0.15, -0.1) is 0 Å². The van der Waals surface area contributed by atoms with Gasteiger partial charge in [-0.2, -0.15) is 0 Å². The summed E-state index contributed by atoms with van der Waals surface area (Å²) in [6.45, 7) is 5.79. The molecule has 2 heterocycles. The number of anilines is 2. The summed E-state index contributed by atoms with van der Waals surface area (Å²) in [6, 6.07) is 6.79. The highest BCUT2D eigenvalue weighted by molar-refractivity contribution is 5.94. The largest absolute Gasteiger partial charge is 0.352 e. The highest BCUT2D eigenvalue weighted by Crippen LogP contribution is 2.26. The standard InChI is InChI=1S/C17H18FN3O/c1-12-5-6-19-10-17(12)21-8-7-20(11-21)14-3-4-15(13(2)22)16(18)9-14/h3-6,9-10H,7-8,11H2,1-2H3. The topological polar surface area (TPSA) is 36.4 Å². The predicted molar refractivity (Wildman–Crippen MR) is 84.9 cm³/mol. The fraction of sp³-hybridized carbons (Fsp3) is 0.294. The molecule has 0 N–H and O–H groups in total. The second kappa shape index (κ2) is 5.75. The van der Waals surface area contributed by atoms with Crippen molar-refractivity contribution in [2.24, 2.45) is 0 Å². The zero-order valence-electron chi connectivity index (χ0n) is 12.7. The van der Waals surface area contributed by atoms with Gasteiger partial charge in [0.15, 0.2) is 5.78 Å². The maximum Gasteiger partial charge on any atom is 0.162 e. The molecule has 0 unspecified atom stereocenters. The summed E-state index contributed by atoms with van der Waals surface area (Å²) in [5.74, 6) is -0.709. The van der Waals surface area contributed by atoms with Gasteiger partial charge < -0.3 is 9.80 Å². The van der Waals surface area contributed by atoms with Crippen LogP contribution in [0.2, 0.25) is 0 Å². The summed E-state index contributed by atoms with van der Waals surface area (Å²) in [6.07, 6.45) is 3.64. The van der Waals surface area contributed by atoms with Crippen LogP contribution in [-0.2, 0) is 0 Å². The second-order valence-electron chi connectivity index (χ2n) is 5.55. The van der Waals surface area contributed by atoms with Gasteiger partial charge in [0.2, 0.25) is 0 Å². The van der Waals surface area contributed by atoms with Crippen molar-refractivity contribution in [3.63, 3.8) is 0 Å². The first-order chi connectivity index (χ1) is 10.6. The molecule has 0 bridgehead atoms. The Morgan fingerprint density at radius 3 is 2.68 bits per heavy atom. The molecule has 1 aliphatic heterocycles. The first-order valence-corrected chi connectivity index (χ1v) is 7.27. The number of nitrogens with zero attached hydrogens (tertiary/aromatic N) is 3. The molecule has 1 aliphatic rings. The fourth-order valence-corrected chi connectivity index (χ4v) is 2.77. The van der Waals surface area contributed by atoms with Crippen LogP contribution < -0.4 is 9.80 Å². The van der Waals surface area contributed by atoms with E-state index < -0.39 is 5.82 Å². The summed E-state index contributed by atoms with van der Waals surface area (Å²) >= 11 is 0. The third kappa shape index (κ3) is 2.66. The molecule has 1 fully saturated rings. The Kier molecular flexibility index (Phi) is 3.79. The Hall–Kier alpha value is -2.43. The number of hydrogen-bond donors (Lipinski definition) is 0. The Morgan fingerprint density at radius 2 is 2.00 bits per heavy atom. The molecule has 0 aliphatic carbocycles. The van der Waals surface area contributed by atoms with Crippen LogP contribution in [0.3, 0.4) is 0 Å². The third-order valence-corrected chi connectivity index (χ3v) is 4.03. The van der Waals surface area contributed by atoms with Crippen molar-refractivity contribution in [2.45, 2.75) is 13.8 Å². The number of Topliss-reactive ketones (excluding diaryl/α,β-unsaturated/α-hetero) is 1. The lowest BCUT2D eigenvalue weighted by Gasteiger charge is -2.22. The molecule has 0 radical (unpaired) electrons. The highest BCUT2D eigenvalue weighted by atomic mass is 19.1. The van der Waals surface area contributed by atoms with Gasteiger partial charge in [0.05, 0.1) is 24.1 Å². The monoisotopic (exact) mass is 299 g/mol. The molecule has 0 atom stereocenters. The quantitative estimate of drug-likeness (QED) is 0.816. The van der Waals surface area contributed by atoms with Gasteiger partial charge in [-0.1, -0.05) is 0 Å². The Morgan fingerprint density at radius 1 is 1.23 bits per heavy atom. The highest BCUT2D eigenvalue weighted by Gasteiger charge is 2.22. The Labute approximate surface area is 129 Å². The number of carbonyl (C=O) groups is 1. The van der Waals surface area contributed by atoms with E-state index in [9.17, 15) is 9.18 Å². The molecular formula is C17H18FN3O. The lowest BCUT2D eigenvalue weighted by atomic mass is 10.1. The van der Waals surface area contributed by atoms with Crippen LogP contribution in [-0.4, -0.2) is 30.5 Å². The van der Waals surface area contributed by atoms with E-state index in [1.165, 1.54) is 18.6 Å². The smallest absolute Gasteiger partial charge is 0.162 e. The van der Waals surface area contributed by atoms with Gasteiger partial charge in [-0.05, 0) is 43.7 Å². The molecule has 5 heteroatoms. The van der Waals surface area contributed by atoms with Gasteiger partial charge in [0, 0.05) is 25.0 Å². The van der Waals surface area contributed by atoms with Gasteiger partial charge in [-0.25, -0.2) is 4.39 Å². The zero-order chi connectivity index (χ0) is 15.7. The van der Waals surface area contributed by atoms with Crippen molar-refractivity contribution in [2.75, 3.05) is 29.6 Å². The van der Waals surface area contributed by atoms with E-state index in [-0.39, 0.29) is 11.3 Å². The van der Waals surface area contributed by atoms with Crippen LogP contribution in [0, 0.1) is 12.7 Å². The minimum absolute atomic E-state index is 0.142. The van der Waals surface area contributed by atoms with Crippen molar-refractivity contribution in [3.8, 4) is 0 Å². The van der Waals surface area contributed by atoms with E-state index in [2.05, 4.69) is 21.7 Å². The van der Waals surface area contributed by atoms with Gasteiger partial charge in [0.25, 0.3) is 0 Å². The van der Waals surface area contributed by atoms with Crippen molar-refractivity contribution < 1.29 is 9.18 Å². The number of ketones is 1. The first-order valence-electron chi connectivity index (χ1n) is 7.27. The Bertz CT molecular complexity index is 717. The maximum atomic E-state index is 14.0. The zero-order valence-corrected chi connectivity index (χ0v) is 12.7. The maximum absolute atomic E-state index is 14.0. The molecule has 114 valence electrons. The number of rotatable bonds is 3. The van der Waals surface area contributed by atoms with E-state index in [0.717, 1.165) is 24.5 Å². The lowest BCUT2D eigenvalue weighted by molar-refractivity contribution is 0.101. The molecular weight excluding hydrogens is 281 g/mol. The van der Waals surface area contributed by atoms with E-state index in [4.69, 9.17) is 0 Å². The van der Waals surface area contributed by atoms with Crippen LogP contribution in [0.25, 0.3) is 0 Å². The molecule has 4 nitrogen and oxygen atoms in total. The Balaban J connectivity index is 1.80. The fourth-order valence-electron chi connectivity index (χ4n) is 2.77. The van der Waals surface area contributed by atoms with Crippen molar-refractivity contribution >= 4 is 17.2 Å². The van der Waals surface area contributed by atoms with E-state index in [1.54, 1.807) is 18.3 Å². The predicted octanol–water partition coefficient (Wildman–Crippen LogP) is 3.02. The second-order valence-corrected chi connectivity index (χ2v) is 5.55. The molecule has 1 aromatic heterocycles. The third-order valence-electron chi connectivity index (χ3n) is 4.03. The minimum atomic E-state index is -0.457. The number of halogens is 1. The SMILES string of the molecule is CC(=O)c1ccc(N2CCN(c3cnccc3C)C2)cc1F. The van der Waals surface area contributed by atoms with E-state index >= 15 is 0 Å². The molecule has 1 saturated heterocycles. The molecule has 2 aromatic rings. The first kappa shape index (κ1) is 14.5. The van der Waals surface area contributed by atoms with Crippen LogP contribution in [0.4, 0.5) is 15.8 Å². The summed E-state index contributed by atoms with van der Waals surface area (Å²) < 4.78 is 14.0. The number of aromatic nitrogens is 1. The molecule has 3 rings (SSSR count). The molecule has 0 saturated carbocycles. The molecule has 1 aromatic carbocycles. The van der Waals surface area contributed by atoms with Crippen LogP contribution >= 0.6 is 0 Å². The van der Waals surface area contributed by atoms with Crippen LogP contribution in [0.15, 0.2) is 36.7 Å². The van der Waals surface area contributed by atoms with Crippen molar-refractivity contribution in [1.82, 2.24) is 4.98 Å². The summed E-state index contributed by atoms with van der Waals surface area (Å²) in [4.78, 5) is 19.8. The average molecular weight is 299 g/mol. The van der Waals surface area contributed by atoms with Crippen molar-refractivity contribution in [3.05, 3.63) is 53.6 Å². The van der Waals surface area contributed by atoms with Crippen molar-refractivity contribution in [1.29, 1.82) is 0 Å². The molecule has 22 heavy (non-hydrogen) atoms. The van der Waals surface area contributed by atoms with E-state index in [1.807, 2.05) is 12.3 Å². The summed E-state index contributed by atoms with van der Waals surface area (Å²) in [7, 11) is 0. The summed E-state index contributed by atoms with van der Waals surface area (Å²) in [5.41, 5.74) is 3.22. The number of carbonyl (C=O) groups excluding carboxylic acids is 1. The lowest BCUT2D eigenvalue weighted by Crippen LogP contribution is -2.25. The molecule has 0 amide bonds. The number of hydrogen-bond acceptors (Lipinski definition) is 4. The van der Waals surface area contributed by atoms with E-state index in [0.29, 0.717) is 6.67 Å². The normalized spacial score (nSPS) is 14.5. The average Bonchev–Trinajstić information content (AvgIpc) is 2.97. The number of benzene rings is 1. The van der Waals surface area contributed by atoms with Crippen LogP contribution in [0.1, 0.15) is 22.8 Å². The summed E-state index contributed by atoms with van der Waals surface area (Å²) in [5, 5.41) is 0. The number of aryl methyl sites for hydroxylation is 1. The minimum Gasteiger partial charge on any atom is -0.352 e. The number of pyridine rings is 1. The van der Waals surface area contributed by atoms with Gasteiger partial charge in [0.1, 0.15) is 5.82 Å². The molecule has 0 spiro atoms. The van der Waals surface area contributed by atoms with Crippen LogP contribution in [0.5, 0.6) is 0 Å².